The van der Waals surface area contributed by atoms with Crippen molar-refractivity contribution in [1.82, 2.24) is 5.32 Å². The summed E-state index contributed by atoms with van der Waals surface area (Å²) in [6.45, 7) is 18.8. The van der Waals surface area contributed by atoms with Gasteiger partial charge in [0.1, 0.15) is 5.60 Å². The maximum atomic E-state index is 12.4. The lowest BCUT2D eigenvalue weighted by atomic mass is 9.97. The van der Waals surface area contributed by atoms with E-state index in [-0.39, 0.29) is 11.1 Å². The number of ether oxygens (including phenoxy) is 1. The monoisotopic (exact) mass is 413 g/mol. The number of alkyl carbamates (subject to hydrolysis) is 1. The summed E-state index contributed by atoms with van der Waals surface area (Å²) in [6.07, 6.45) is 5.22. The summed E-state index contributed by atoms with van der Waals surface area (Å²) >= 11 is 0. The molecule has 1 aliphatic rings. The van der Waals surface area contributed by atoms with Gasteiger partial charge in [0.2, 0.25) is 0 Å². The Morgan fingerprint density at radius 2 is 1.86 bits per heavy atom. The van der Waals surface area contributed by atoms with Gasteiger partial charge in [0.05, 0.1) is 18.2 Å². The molecule has 0 spiro atoms. The van der Waals surface area contributed by atoms with E-state index in [2.05, 4.69) is 52.2 Å². The maximum absolute atomic E-state index is 12.4. The molecule has 2 N–H and O–H groups in total. The highest BCUT2D eigenvalue weighted by atomic mass is 28.4. The molecule has 1 aliphatic carbocycles. The first-order valence-corrected chi connectivity index (χ1v) is 13.6. The number of aliphatic hydroxyl groups is 1. The van der Waals surface area contributed by atoms with Crippen LogP contribution in [0.4, 0.5) is 4.79 Å². The third-order valence-corrected chi connectivity index (χ3v) is 10.2. The van der Waals surface area contributed by atoms with Crippen molar-refractivity contribution < 1.29 is 19.1 Å². The molecule has 0 aliphatic heterocycles. The molecular weight excluding hydrogens is 370 g/mol. The zero-order valence-electron chi connectivity index (χ0n) is 19.5. The summed E-state index contributed by atoms with van der Waals surface area (Å²) in [5.41, 5.74) is 0.432. The molecule has 1 rings (SSSR count). The van der Waals surface area contributed by atoms with E-state index in [4.69, 9.17) is 9.16 Å². The highest BCUT2D eigenvalue weighted by Gasteiger charge is 2.41. The number of rotatable bonds is 6. The summed E-state index contributed by atoms with van der Waals surface area (Å²) in [5.74, 6) is 0. The van der Waals surface area contributed by atoms with Crippen LogP contribution in [-0.4, -0.2) is 43.4 Å². The Morgan fingerprint density at radius 3 is 2.36 bits per heavy atom. The van der Waals surface area contributed by atoms with Crippen molar-refractivity contribution in [3.05, 3.63) is 11.6 Å². The quantitative estimate of drug-likeness (QED) is 0.443. The molecular formula is C22H43NO4Si. The maximum Gasteiger partial charge on any atom is 0.407 e. The molecule has 3 atom stereocenters. The number of unbranched alkanes of at least 4 members (excludes halogenated alkanes) is 1. The van der Waals surface area contributed by atoms with Crippen LogP contribution in [0.25, 0.3) is 0 Å². The third kappa shape index (κ3) is 7.88. The molecule has 0 heterocycles. The van der Waals surface area contributed by atoms with Crippen LogP contribution in [-0.2, 0) is 9.16 Å². The van der Waals surface area contributed by atoms with Gasteiger partial charge in [0.15, 0.2) is 8.32 Å². The van der Waals surface area contributed by atoms with Crippen molar-refractivity contribution in [1.29, 1.82) is 0 Å². The first-order chi connectivity index (χ1) is 12.7. The Kier molecular flexibility index (Phi) is 8.78. The molecule has 164 valence electrons. The number of carbonyl (C=O) groups is 1. The van der Waals surface area contributed by atoms with Crippen LogP contribution in [0.1, 0.15) is 80.6 Å². The average Bonchev–Trinajstić information content (AvgIpc) is 2.62. The van der Waals surface area contributed by atoms with E-state index < -0.39 is 32.2 Å². The molecule has 0 unspecified atom stereocenters. The second-order valence-electron chi connectivity index (χ2n) is 10.6. The zero-order chi connectivity index (χ0) is 21.8. The lowest BCUT2D eigenvalue weighted by Gasteiger charge is -2.39. The first kappa shape index (κ1) is 25.2. The molecule has 0 bridgehead atoms. The second kappa shape index (κ2) is 9.77. The van der Waals surface area contributed by atoms with Crippen LogP contribution < -0.4 is 5.32 Å². The molecule has 28 heavy (non-hydrogen) atoms. The van der Waals surface area contributed by atoms with Gasteiger partial charge >= 0.3 is 6.09 Å². The minimum absolute atomic E-state index is 0.0189. The standard InChI is InChI=1S/C22H43NO4Si/c1-10-11-12-16-13-14-17(27-28(8,9)22(5,6)7)15-18(19(16)24)23-20(25)26-21(2,3)4/h13,17-19,24H,10-12,14-15H2,1-9H3,(H,23,25)/t17-,18+,19-/m0/s1. The van der Waals surface area contributed by atoms with Gasteiger partial charge in [-0.15, -0.1) is 0 Å². The molecule has 5 nitrogen and oxygen atoms in total. The summed E-state index contributed by atoms with van der Waals surface area (Å²) in [5, 5.41) is 14.0. The largest absolute Gasteiger partial charge is 0.444 e. The van der Waals surface area contributed by atoms with Crippen molar-refractivity contribution in [2.75, 3.05) is 0 Å². The molecule has 0 saturated heterocycles. The number of hydrogen-bond donors (Lipinski definition) is 2. The summed E-state index contributed by atoms with van der Waals surface area (Å²) in [7, 11) is -1.95. The highest BCUT2D eigenvalue weighted by Crippen LogP contribution is 2.39. The Hall–Kier alpha value is -0.853. The molecule has 0 aromatic rings. The molecule has 0 aromatic carbocycles. The number of carbonyl (C=O) groups excluding carboxylic acids is 1. The number of aliphatic hydroxyl groups excluding tert-OH is 1. The van der Waals surface area contributed by atoms with Crippen molar-refractivity contribution >= 4 is 14.4 Å². The first-order valence-electron chi connectivity index (χ1n) is 10.7. The van der Waals surface area contributed by atoms with Gasteiger partial charge in [-0.1, -0.05) is 40.2 Å². The van der Waals surface area contributed by atoms with Gasteiger partial charge in [-0.25, -0.2) is 4.79 Å². The minimum atomic E-state index is -1.95. The van der Waals surface area contributed by atoms with Crippen molar-refractivity contribution in [2.24, 2.45) is 0 Å². The predicted molar refractivity (Wildman–Crippen MR) is 118 cm³/mol. The highest BCUT2D eigenvalue weighted by molar-refractivity contribution is 6.74. The third-order valence-electron chi connectivity index (χ3n) is 5.71. The Balaban J connectivity index is 3.00. The van der Waals surface area contributed by atoms with E-state index in [9.17, 15) is 9.90 Å². The van der Waals surface area contributed by atoms with Gasteiger partial charge in [0, 0.05) is 0 Å². The van der Waals surface area contributed by atoms with E-state index in [1.807, 2.05) is 20.8 Å². The van der Waals surface area contributed by atoms with E-state index in [0.717, 1.165) is 31.3 Å². The summed E-state index contributed by atoms with van der Waals surface area (Å²) in [4.78, 5) is 12.4. The van der Waals surface area contributed by atoms with Gasteiger partial charge in [-0.3, -0.25) is 0 Å². The van der Waals surface area contributed by atoms with Crippen LogP contribution in [0.2, 0.25) is 18.1 Å². The van der Waals surface area contributed by atoms with Crippen molar-refractivity contribution in [3.8, 4) is 0 Å². The molecule has 0 saturated carbocycles. The van der Waals surface area contributed by atoms with E-state index in [1.165, 1.54) is 0 Å². The lowest BCUT2D eigenvalue weighted by molar-refractivity contribution is 0.0410. The Labute approximate surface area is 173 Å². The second-order valence-corrected chi connectivity index (χ2v) is 15.3. The van der Waals surface area contributed by atoms with Gasteiger partial charge < -0.3 is 19.6 Å². The SMILES string of the molecule is CCCCC1=CC[C@H](O[Si](C)(C)C(C)(C)C)C[C@@H](NC(=O)OC(C)(C)C)[C@H]1O. The normalized spacial score (nSPS) is 24.4. The minimum Gasteiger partial charge on any atom is -0.444 e. The fourth-order valence-electron chi connectivity index (χ4n) is 3.09. The zero-order valence-corrected chi connectivity index (χ0v) is 20.5. The number of amides is 1. The van der Waals surface area contributed by atoms with Gasteiger partial charge in [0.25, 0.3) is 0 Å². The van der Waals surface area contributed by atoms with E-state index in [0.29, 0.717) is 6.42 Å². The van der Waals surface area contributed by atoms with Crippen molar-refractivity contribution in [2.45, 2.75) is 123 Å². The van der Waals surface area contributed by atoms with Gasteiger partial charge in [-0.2, -0.15) is 0 Å². The number of nitrogens with one attached hydrogen (secondary N) is 1. The topological polar surface area (TPSA) is 67.8 Å². The fraction of sp³-hybridized carbons (Fsp3) is 0.864. The molecule has 1 amide bonds. The number of hydrogen-bond acceptors (Lipinski definition) is 4. The van der Waals surface area contributed by atoms with Gasteiger partial charge in [-0.05, 0) is 70.2 Å². The Bertz CT molecular complexity index is 546. The van der Waals surface area contributed by atoms with Crippen LogP contribution in [0.15, 0.2) is 11.6 Å². The van der Waals surface area contributed by atoms with E-state index >= 15 is 0 Å². The van der Waals surface area contributed by atoms with Crippen molar-refractivity contribution in [3.63, 3.8) is 0 Å². The Morgan fingerprint density at radius 1 is 1.25 bits per heavy atom. The average molecular weight is 414 g/mol. The summed E-state index contributed by atoms with van der Waals surface area (Å²) in [6, 6.07) is -0.407. The smallest absolute Gasteiger partial charge is 0.407 e. The van der Waals surface area contributed by atoms with Crippen LogP contribution in [0.5, 0.6) is 0 Å². The molecule has 6 heteroatoms. The van der Waals surface area contributed by atoms with E-state index in [1.54, 1.807) is 0 Å². The van der Waals surface area contributed by atoms with Crippen LogP contribution >= 0.6 is 0 Å². The fourth-order valence-corrected chi connectivity index (χ4v) is 4.47. The molecule has 0 aromatic heterocycles. The van der Waals surface area contributed by atoms with Crippen LogP contribution in [0, 0.1) is 0 Å². The molecule has 0 fully saturated rings. The molecule has 0 radical (unpaired) electrons. The predicted octanol–water partition coefficient (Wildman–Crippen LogP) is 5.54. The van der Waals surface area contributed by atoms with Crippen LogP contribution in [0.3, 0.4) is 0 Å². The summed E-state index contributed by atoms with van der Waals surface area (Å²) < 4.78 is 12.1. The lowest BCUT2D eigenvalue weighted by Crippen LogP contribution is -2.49.